The van der Waals surface area contributed by atoms with Crippen molar-refractivity contribution in [2.45, 2.75) is 6.54 Å². The molecule has 1 heterocycles. The van der Waals surface area contributed by atoms with Gasteiger partial charge in [0.1, 0.15) is 17.1 Å². The SMILES string of the molecule is COc1ccc(CNc2ncccc2C(=O)O)cc1. The average molecular weight is 258 g/mol. The van der Waals surface area contributed by atoms with Crippen molar-refractivity contribution in [2.75, 3.05) is 12.4 Å². The third-order valence-corrected chi connectivity index (χ3v) is 2.66. The number of carboxylic acids is 1. The summed E-state index contributed by atoms with van der Waals surface area (Å²) in [6.07, 6.45) is 1.56. The number of methoxy groups -OCH3 is 1. The molecule has 0 aliphatic carbocycles. The zero-order valence-corrected chi connectivity index (χ0v) is 10.5. The largest absolute Gasteiger partial charge is 0.497 e. The number of carboxylic acid groups (broad SMARTS) is 1. The lowest BCUT2D eigenvalue weighted by Gasteiger charge is -2.08. The second kappa shape index (κ2) is 5.86. The number of benzene rings is 1. The fourth-order valence-corrected chi connectivity index (χ4v) is 1.65. The summed E-state index contributed by atoms with van der Waals surface area (Å²) < 4.78 is 5.07. The molecular weight excluding hydrogens is 244 g/mol. The second-order valence-electron chi connectivity index (χ2n) is 3.91. The van der Waals surface area contributed by atoms with Gasteiger partial charge in [0.15, 0.2) is 0 Å². The van der Waals surface area contributed by atoms with Crippen molar-refractivity contribution >= 4 is 11.8 Å². The molecule has 0 aliphatic rings. The predicted molar refractivity (Wildman–Crippen MR) is 71.5 cm³/mol. The van der Waals surface area contributed by atoms with Crippen LogP contribution in [-0.2, 0) is 6.54 Å². The Morgan fingerprint density at radius 2 is 2.05 bits per heavy atom. The molecule has 2 aromatic rings. The first kappa shape index (κ1) is 12.9. The molecule has 0 spiro atoms. The summed E-state index contributed by atoms with van der Waals surface area (Å²) >= 11 is 0. The van der Waals surface area contributed by atoms with Crippen LogP contribution in [0.2, 0.25) is 0 Å². The standard InChI is InChI=1S/C14H14N2O3/c1-19-11-6-4-10(5-7-11)9-16-13-12(14(17)18)3-2-8-15-13/h2-8H,9H2,1H3,(H,15,16)(H,17,18). The minimum Gasteiger partial charge on any atom is -0.497 e. The van der Waals surface area contributed by atoms with Crippen LogP contribution in [0.5, 0.6) is 5.75 Å². The van der Waals surface area contributed by atoms with Gasteiger partial charge in [-0.15, -0.1) is 0 Å². The van der Waals surface area contributed by atoms with Crippen LogP contribution in [0.25, 0.3) is 0 Å². The van der Waals surface area contributed by atoms with E-state index in [0.717, 1.165) is 11.3 Å². The van der Waals surface area contributed by atoms with Crippen LogP contribution in [0.3, 0.4) is 0 Å². The maximum absolute atomic E-state index is 11.0. The molecule has 1 aromatic heterocycles. The summed E-state index contributed by atoms with van der Waals surface area (Å²) in [5.41, 5.74) is 1.18. The third-order valence-electron chi connectivity index (χ3n) is 2.66. The Morgan fingerprint density at radius 1 is 1.32 bits per heavy atom. The van der Waals surface area contributed by atoms with E-state index in [1.54, 1.807) is 19.4 Å². The van der Waals surface area contributed by atoms with Gasteiger partial charge in [-0.2, -0.15) is 0 Å². The number of pyridine rings is 1. The smallest absolute Gasteiger partial charge is 0.339 e. The molecule has 0 saturated carbocycles. The van der Waals surface area contributed by atoms with Crippen molar-refractivity contribution in [2.24, 2.45) is 0 Å². The first-order chi connectivity index (χ1) is 9.20. The van der Waals surface area contributed by atoms with Gasteiger partial charge in [-0.1, -0.05) is 12.1 Å². The van der Waals surface area contributed by atoms with Gasteiger partial charge in [0.25, 0.3) is 0 Å². The highest BCUT2D eigenvalue weighted by atomic mass is 16.5. The highest BCUT2D eigenvalue weighted by molar-refractivity contribution is 5.92. The summed E-state index contributed by atoms with van der Waals surface area (Å²) in [5.74, 6) is 0.156. The Hall–Kier alpha value is -2.56. The van der Waals surface area contributed by atoms with E-state index in [2.05, 4.69) is 10.3 Å². The quantitative estimate of drug-likeness (QED) is 0.861. The molecule has 2 N–H and O–H groups in total. The average Bonchev–Trinajstić information content (AvgIpc) is 2.46. The van der Waals surface area contributed by atoms with E-state index in [9.17, 15) is 4.79 Å². The number of aromatic carboxylic acids is 1. The predicted octanol–water partition coefficient (Wildman–Crippen LogP) is 2.40. The fourth-order valence-electron chi connectivity index (χ4n) is 1.65. The van der Waals surface area contributed by atoms with E-state index in [4.69, 9.17) is 9.84 Å². The van der Waals surface area contributed by atoms with Crippen molar-refractivity contribution in [3.8, 4) is 5.75 Å². The van der Waals surface area contributed by atoms with Gasteiger partial charge < -0.3 is 15.2 Å². The Labute approximate surface area is 110 Å². The van der Waals surface area contributed by atoms with E-state index >= 15 is 0 Å². The van der Waals surface area contributed by atoms with E-state index < -0.39 is 5.97 Å². The molecule has 0 aliphatic heterocycles. The van der Waals surface area contributed by atoms with Gasteiger partial charge in [0.05, 0.1) is 7.11 Å². The van der Waals surface area contributed by atoms with E-state index in [0.29, 0.717) is 12.4 Å². The first-order valence-electron chi connectivity index (χ1n) is 5.76. The molecule has 5 heteroatoms. The Bertz CT molecular complexity index is 567. The molecule has 0 unspecified atom stereocenters. The van der Waals surface area contributed by atoms with E-state index in [1.165, 1.54) is 6.07 Å². The molecular formula is C14H14N2O3. The van der Waals surface area contributed by atoms with Crippen LogP contribution in [-0.4, -0.2) is 23.2 Å². The fraction of sp³-hybridized carbons (Fsp3) is 0.143. The van der Waals surface area contributed by atoms with Crippen LogP contribution in [0.15, 0.2) is 42.6 Å². The molecule has 2 rings (SSSR count). The highest BCUT2D eigenvalue weighted by Crippen LogP contribution is 2.15. The normalized spacial score (nSPS) is 9.95. The molecule has 19 heavy (non-hydrogen) atoms. The Kier molecular flexibility index (Phi) is 3.97. The number of rotatable bonds is 5. The summed E-state index contributed by atoms with van der Waals surface area (Å²) in [6, 6.07) is 10.7. The van der Waals surface area contributed by atoms with Crippen molar-refractivity contribution < 1.29 is 14.6 Å². The number of aromatic nitrogens is 1. The monoisotopic (exact) mass is 258 g/mol. The van der Waals surface area contributed by atoms with Gasteiger partial charge in [0.2, 0.25) is 0 Å². The van der Waals surface area contributed by atoms with Gasteiger partial charge in [-0.25, -0.2) is 9.78 Å². The maximum atomic E-state index is 11.0. The van der Waals surface area contributed by atoms with Gasteiger partial charge in [0, 0.05) is 12.7 Å². The number of nitrogens with zero attached hydrogens (tertiary/aromatic N) is 1. The van der Waals surface area contributed by atoms with Crippen molar-refractivity contribution in [1.29, 1.82) is 0 Å². The number of ether oxygens (including phenoxy) is 1. The van der Waals surface area contributed by atoms with Crippen molar-refractivity contribution in [3.05, 3.63) is 53.7 Å². The zero-order chi connectivity index (χ0) is 13.7. The first-order valence-corrected chi connectivity index (χ1v) is 5.76. The van der Waals surface area contributed by atoms with Gasteiger partial charge >= 0.3 is 5.97 Å². The molecule has 1 aromatic carbocycles. The van der Waals surface area contributed by atoms with Crippen LogP contribution >= 0.6 is 0 Å². The molecule has 0 fully saturated rings. The van der Waals surface area contributed by atoms with E-state index in [-0.39, 0.29) is 5.56 Å². The minimum atomic E-state index is -0.995. The van der Waals surface area contributed by atoms with Crippen LogP contribution in [0, 0.1) is 0 Å². The van der Waals surface area contributed by atoms with Crippen LogP contribution in [0.1, 0.15) is 15.9 Å². The topological polar surface area (TPSA) is 71.5 Å². The lowest BCUT2D eigenvalue weighted by molar-refractivity contribution is 0.0697. The van der Waals surface area contributed by atoms with Crippen molar-refractivity contribution in [1.82, 2.24) is 4.98 Å². The number of hydrogen-bond acceptors (Lipinski definition) is 4. The molecule has 0 radical (unpaired) electrons. The molecule has 0 bridgehead atoms. The zero-order valence-electron chi connectivity index (χ0n) is 10.5. The number of anilines is 1. The summed E-state index contributed by atoms with van der Waals surface area (Å²) in [7, 11) is 1.61. The molecule has 0 amide bonds. The lowest BCUT2D eigenvalue weighted by Crippen LogP contribution is -2.07. The maximum Gasteiger partial charge on any atom is 0.339 e. The Balaban J connectivity index is 2.07. The Morgan fingerprint density at radius 3 is 2.68 bits per heavy atom. The summed E-state index contributed by atoms with van der Waals surface area (Å²) in [4.78, 5) is 15.1. The molecule has 0 atom stereocenters. The number of nitrogens with one attached hydrogen (secondary N) is 1. The van der Waals surface area contributed by atoms with E-state index in [1.807, 2.05) is 24.3 Å². The van der Waals surface area contributed by atoms with Crippen molar-refractivity contribution in [3.63, 3.8) is 0 Å². The third kappa shape index (κ3) is 3.22. The second-order valence-corrected chi connectivity index (χ2v) is 3.91. The summed E-state index contributed by atoms with van der Waals surface area (Å²) in [5, 5.41) is 12.1. The lowest BCUT2D eigenvalue weighted by atomic mass is 10.2. The minimum absolute atomic E-state index is 0.163. The number of hydrogen-bond donors (Lipinski definition) is 2. The molecule has 98 valence electrons. The van der Waals surface area contributed by atoms with Gasteiger partial charge in [-0.3, -0.25) is 0 Å². The molecule has 5 nitrogen and oxygen atoms in total. The van der Waals surface area contributed by atoms with Crippen LogP contribution in [0.4, 0.5) is 5.82 Å². The highest BCUT2D eigenvalue weighted by Gasteiger charge is 2.09. The number of carbonyl (C=O) groups is 1. The summed E-state index contributed by atoms with van der Waals surface area (Å²) in [6.45, 7) is 0.501. The molecule has 0 saturated heterocycles. The van der Waals surface area contributed by atoms with Gasteiger partial charge in [-0.05, 0) is 29.8 Å². The van der Waals surface area contributed by atoms with Crippen LogP contribution < -0.4 is 10.1 Å².